The smallest absolute Gasteiger partial charge is 0.225 e. The summed E-state index contributed by atoms with van der Waals surface area (Å²) >= 11 is 1.83. The molecular weight excluding hydrogens is 366 g/mol. The van der Waals surface area contributed by atoms with E-state index in [4.69, 9.17) is 9.97 Å². The normalized spacial score (nSPS) is 19.6. The number of para-hydroxylation sites is 1. The van der Waals surface area contributed by atoms with Gasteiger partial charge in [-0.25, -0.2) is 4.98 Å². The lowest BCUT2D eigenvalue weighted by Gasteiger charge is -2.29. The molecule has 28 heavy (non-hydrogen) atoms. The number of aromatic nitrogens is 2. The average Bonchev–Trinajstić information content (AvgIpc) is 3.22. The van der Waals surface area contributed by atoms with Crippen LogP contribution in [0.1, 0.15) is 30.6 Å². The van der Waals surface area contributed by atoms with E-state index in [0.29, 0.717) is 6.04 Å². The van der Waals surface area contributed by atoms with E-state index in [1.807, 2.05) is 37.6 Å². The highest BCUT2D eigenvalue weighted by atomic mass is 32.1. The highest BCUT2D eigenvalue weighted by molar-refractivity contribution is 7.09. The second kappa shape index (κ2) is 8.88. The summed E-state index contributed by atoms with van der Waals surface area (Å²) in [6.07, 6.45) is 4.87. The number of thiophene rings is 1. The molecule has 2 heterocycles. The van der Waals surface area contributed by atoms with Crippen molar-refractivity contribution in [3.63, 3.8) is 0 Å². The molecule has 0 unspecified atom stereocenters. The van der Waals surface area contributed by atoms with Crippen LogP contribution < -0.4 is 15.5 Å². The molecule has 0 saturated heterocycles. The van der Waals surface area contributed by atoms with E-state index in [1.165, 1.54) is 30.6 Å². The Kier molecular flexibility index (Phi) is 6.07. The molecule has 1 saturated carbocycles. The van der Waals surface area contributed by atoms with E-state index in [0.717, 1.165) is 41.7 Å². The van der Waals surface area contributed by atoms with Crippen LogP contribution in [0.5, 0.6) is 0 Å². The van der Waals surface area contributed by atoms with Crippen molar-refractivity contribution < 1.29 is 0 Å². The molecule has 0 aliphatic heterocycles. The first-order valence-corrected chi connectivity index (χ1v) is 11.0. The van der Waals surface area contributed by atoms with Gasteiger partial charge in [0.1, 0.15) is 5.82 Å². The van der Waals surface area contributed by atoms with Crippen LogP contribution in [-0.2, 0) is 6.54 Å². The molecule has 0 spiro atoms. The summed E-state index contributed by atoms with van der Waals surface area (Å²) in [4.78, 5) is 13.0. The number of nitrogens with one attached hydrogen (secondary N) is 2. The van der Waals surface area contributed by atoms with Crippen LogP contribution >= 0.6 is 11.3 Å². The van der Waals surface area contributed by atoms with Crippen LogP contribution in [0.2, 0.25) is 0 Å². The molecular formula is C22H29N5S. The molecule has 2 N–H and O–H groups in total. The quantitative estimate of drug-likeness (QED) is 0.616. The number of anilines is 2. The Morgan fingerprint density at radius 3 is 2.61 bits per heavy atom. The number of nitrogens with zero attached hydrogens (tertiary/aromatic N) is 3. The molecule has 0 radical (unpaired) electrons. The molecule has 0 bridgehead atoms. The van der Waals surface area contributed by atoms with Crippen molar-refractivity contribution in [2.45, 2.75) is 38.3 Å². The van der Waals surface area contributed by atoms with Gasteiger partial charge in [-0.05, 0) is 61.7 Å². The Bertz CT molecular complexity index is 885. The van der Waals surface area contributed by atoms with E-state index in [9.17, 15) is 0 Å². The van der Waals surface area contributed by atoms with Crippen LogP contribution in [-0.4, -0.2) is 36.6 Å². The predicted molar refractivity (Wildman–Crippen MR) is 119 cm³/mol. The van der Waals surface area contributed by atoms with Gasteiger partial charge in [0.25, 0.3) is 0 Å². The Balaban J connectivity index is 1.32. The summed E-state index contributed by atoms with van der Waals surface area (Å²) in [6, 6.07) is 13.0. The first kappa shape index (κ1) is 19.2. The van der Waals surface area contributed by atoms with Gasteiger partial charge in [0, 0.05) is 36.9 Å². The van der Waals surface area contributed by atoms with Crippen LogP contribution in [0.3, 0.4) is 0 Å². The fourth-order valence-corrected chi connectivity index (χ4v) is 4.65. The van der Waals surface area contributed by atoms with Gasteiger partial charge in [0.15, 0.2) is 0 Å². The van der Waals surface area contributed by atoms with Gasteiger partial charge in [-0.1, -0.05) is 18.2 Å². The van der Waals surface area contributed by atoms with Crippen LogP contribution in [0.15, 0.2) is 41.8 Å². The van der Waals surface area contributed by atoms with Crippen molar-refractivity contribution in [1.82, 2.24) is 15.3 Å². The molecule has 1 aliphatic rings. The minimum Gasteiger partial charge on any atom is -0.362 e. The third kappa shape index (κ3) is 4.62. The Morgan fingerprint density at radius 1 is 1.04 bits per heavy atom. The summed E-state index contributed by atoms with van der Waals surface area (Å²) in [5.41, 5.74) is 0.996. The maximum atomic E-state index is 4.78. The Labute approximate surface area is 171 Å². The van der Waals surface area contributed by atoms with E-state index in [-0.39, 0.29) is 0 Å². The minimum absolute atomic E-state index is 0.463. The fourth-order valence-electron chi connectivity index (χ4n) is 3.97. The van der Waals surface area contributed by atoms with Gasteiger partial charge >= 0.3 is 0 Å². The van der Waals surface area contributed by atoms with Crippen LogP contribution in [0.4, 0.5) is 11.8 Å². The number of rotatable bonds is 7. The lowest BCUT2D eigenvalue weighted by Crippen LogP contribution is -2.31. The molecule has 148 valence electrons. The van der Waals surface area contributed by atoms with Gasteiger partial charge in [-0.15, -0.1) is 11.3 Å². The first-order chi connectivity index (χ1) is 13.7. The third-order valence-electron chi connectivity index (χ3n) is 5.50. The van der Waals surface area contributed by atoms with E-state index < -0.39 is 0 Å². The summed E-state index contributed by atoms with van der Waals surface area (Å²) in [6.45, 7) is 2.11. The zero-order chi connectivity index (χ0) is 19.3. The highest BCUT2D eigenvalue weighted by Crippen LogP contribution is 2.28. The monoisotopic (exact) mass is 395 g/mol. The topological polar surface area (TPSA) is 53.1 Å². The standard InChI is InChI=1S/C22H29N5S/c1-27(2)21-19-7-3-4-8-20(19)25-22(26-21)24-17-11-9-16(10-12-17)14-23-15-18-6-5-13-28-18/h3-8,13,16-17,23H,9-12,14-15H2,1-2H3,(H,24,25,26)/t16-,17+. The van der Waals surface area contributed by atoms with Gasteiger partial charge in [0.05, 0.1) is 5.52 Å². The number of benzene rings is 1. The summed E-state index contributed by atoms with van der Waals surface area (Å²) in [7, 11) is 4.07. The second-order valence-electron chi connectivity index (χ2n) is 7.85. The van der Waals surface area contributed by atoms with Crippen LogP contribution in [0.25, 0.3) is 10.9 Å². The van der Waals surface area contributed by atoms with Crippen LogP contribution in [0, 0.1) is 5.92 Å². The number of fused-ring (bicyclic) bond motifs is 1. The average molecular weight is 396 g/mol. The zero-order valence-corrected chi connectivity index (χ0v) is 17.5. The zero-order valence-electron chi connectivity index (χ0n) is 16.7. The second-order valence-corrected chi connectivity index (χ2v) is 8.89. The largest absolute Gasteiger partial charge is 0.362 e. The molecule has 1 aliphatic carbocycles. The van der Waals surface area contributed by atoms with Crippen molar-refractivity contribution in [2.24, 2.45) is 5.92 Å². The van der Waals surface area contributed by atoms with E-state index in [2.05, 4.69) is 45.2 Å². The Morgan fingerprint density at radius 2 is 1.86 bits per heavy atom. The number of hydrogen-bond acceptors (Lipinski definition) is 6. The van der Waals surface area contributed by atoms with Gasteiger partial charge in [-0.2, -0.15) is 4.98 Å². The Hall–Kier alpha value is -2.18. The van der Waals surface area contributed by atoms with Gasteiger partial charge in [0.2, 0.25) is 5.95 Å². The molecule has 3 aromatic rings. The van der Waals surface area contributed by atoms with Crippen molar-refractivity contribution >= 4 is 34.0 Å². The van der Waals surface area contributed by atoms with E-state index in [1.54, 1.807) is 0 Å². The molecule has 0 amide bonds. The van der Waals surface area contributed by atoms with Gasteiger partial charge < -0.3 is 15.5 Å². The summed E-state index contributed by atoms with van der Waals surface area (Å²) < 4.78 is 0. The predicted octanol–water partition coefficient (Wildman–Crippen LogP) is 4.52. The molecule has 1 fully saturated rings. The minimum atomic E-state index is 0.463. The summed E-state index contributed by atoms with van der Waals surface area (Å²) in [5, 5.41) is 10.5. The number of hydrogen-bond donors (Lipinski definition) is 2. The molecule has 0 atom stereocenters. The highest BCUT2D eigenvalue weighted by Gasteiger charge is 2.22. The van der Waals surface area contributed by atoms with Crippen molar-refractivity contribution in [3.05, 3.63) is 46.7 Å². The lowest BCUT2D eigenvalue weighted by molar-refractivity contribution is 0.324. The van der Waals surface area contributed by atoms with Crippen molar-refractivity contribution in [1.29, 1.82) is 0 Å². The molecule has 6 heteroatoms. The maximum Gasteiger partial charge on any atom is 0.225 e. The maximum absolute atomic E-state index is 4.78. The van der Waals surface area contributed by atoms with E-state index >= 15 is 0 Å². The van der Waals surface area contributed by atoms with Crippen molar-refractivity contribution in [3.8, 4) is 0 Å². The van der Waals surface area contributed by atoms with Crippen molar-refractivity contribution in [2.75, 3.05) is 30.9 Å². The molecule has 5 nitrogen and oxygen atoms in total. The third-order valence-corrected chi connectivity index (χ3v) is 6.38. The fraction of sp³-hybridized carbons (Fsp3) is 0.455. The molecule has 4 rings (SSSR count). The molecule has 2 aromatic heterocycles. The first-order valence-electron chi connectivity index (χ1n) is 10.1. The summed E-state index contributed by atoms with van der Waals surface area (Å²) in [5.74, 6) is 2.49. The lowest BCUT2D eigenvalue weighted by atomic mass is 9.86. The molecule has 1 aromatic carbocycles. The SMILES string of the molecule is CN(C)c1nc(N[C@H]2CC[C@@H](CNCc3cccs3)CC2)nc2ccccc12. The van der Waals surface area contributed by atoms with Gasteiger partial charge in [-0.3, -0.25) is 0 Å².